The fourth-order valence-corrected chi connectivity index (χ4v) is 2.24. The van der Waals surface area contributed by atoms with Gasteiger partial charge < -0.3 is 19.5 Å². The van der Waals surface area contributed by atoms with Crippen LogP contribution in [0.15, 0.2) is 23.9 Å². The van der Waals surface area contributed by atoms with Crippen LogP contribution in [0, 0.1) is 0 Å². The maximum atomic E-state index is 12.3. The summed E-state index contributed by atoms with van der Waals surface area (Å²) < 4.78 is 15.5. The van der Waals surface area contributed by atoms with E-state index in [0.29, 0.717) is 30.3 Å². The van der Waals surface area contributed by atoms with Crippen LogP contribution in [0.4, 0.5) is 4.79 Å². The Labute approximate surface area is 145 Å². The molecule has 0 atom stereocenters. The molecule has 2 rings (SSSR count). The minimum absolute atomic E-state index is 0.0546. The third-order valence-electron chi connectivity index (χ3n) is 3.37. The summed E-state index contributed by atoms with van der Waals surface area (Å²) in [7, 11) is 1.19. The lowest BCUT2D eigenvalue weighted by atomic mass is 10.1. The van der Waals surface area contributed by atoms with Crippen molar-refractivity contribution in [2.24, 2.45) is 0 Å². The molecule has 0 saturated carbocycles. The zero-order chi connectivity index (χ0) is 18.4. The standard InChI is InChI=1S/C17H20N2O6/c1-4-24-12-7-6-11(14(9-12)25-5-2)8-13-16(21)19(17(22)18-13)10-15(20)23-3/h6-9H,4-5,10H2,1-3H3,(H,18,22)/b13-8+. The summed E-state index contributed by atoms with van der Waals surface area (Å²) in [6.07, 6.45) is 1.50. The summed E-state index contributed by atoms with van der Waals surface area (Å²) in [5, 5.41) is 2.44. The average Bonchev–Trinajstić information content (AvgIpc) is 2.85. The van der Waals surface area contributed by atoms with Crippen molar-refractivity contribution in [1.29, 1.82) is 0 Å². The molecule has 1 aliphatic rings. The Morgan fingerprint density at radius 3 is 2.56 bits per heavy atom. The van der Waals surface area contributed by atoms with Crippen LogP contribution in [0.5, 0.6) is 11.5 Å². The Bertz CT molecular complexity index is 713. The quantitative estimate of drug-likeness (QED) is 0.456. The van der Waals surface area contributed by atoms with Gasteiger partial charge in [0.25, 0.3) is 5.91 Å². The zero-order valence-corrected chi connectivity index (χ0v) is 14.3. The Kier molecular flexibility index (Phi) is 5.99. The van der Waals surface area contributed by atoms with Crippen LogP contribution in [-0.4, -0.2) is 49.7 Å². The fourth-order valence-electron chi connectivity index (χ4n) is 2.24. The number of ether oxygens (including phenoxy) is 3. The number of nitrogens with zero attached hydrogens (tertiary/aromatic N) is 1. The van der Waals surface area contributed by atoms with Crippen molar-refractivity contribution < 1.29 is 28.6 Å². The molecule has 0 radical (unpaired) electrons. The molecular formula is C17H20N2O6. The first-order chi connectivity index (χ1) is 12.0. The molecule has 1 aromatic rings. The van der Waals surface area contributed by atoms with Crippen LogP contribution in [-0.2, 0) is 14.3 Å². The van der Waals surface area contributed by atoms with Gasteiger partial charge in [0.2, 0.25) is 0 Å². The number of rotatable bonds is 7. The maximum absolute atomic E-state index is 12.3. The molecule has 8 heteroatoms. The number of hydrogen-bond acceptors (Lipinski definition) is 6. The summed E-state index contributed by atoms with van der Waals surface area (Å²) in [6, 6.07) is 4.51. The topological polar surface area (TPSA) is 94.2 Å². The number of carbonyl (C=O) groups excluding carboxylic acids is 3. The van der Waals surface area contributed by atoms with Gasteiger partial charge in [-0.3, -0.25) is 9.59 Å². The van der Waals surface area contributed by atoms with Gasteiger partial charge in [-0.15, -0.1) is 0 Å². The maximum Gasteiger partial charge on any atom is 0.329 e. The minimum atomic E-state index is -0.680. The Balaban J connectivity index is 2.29. The summed E-state index contributed by atoms with van der Waals surface area (Å²) in [5.74, 6) is -0.121. The summed E-state index contributed by atoms with van der Waals surface area (Å²) >= 11 is 0. The van der Waals surface area contributed by atoms with Crippen LogP contribution in [0.2, 0.25) is 0 Å². The summed E-state index contributed by atoms with van der Waals surface area (Å²) in [6.45, 7) is 4.22. The number of carbonyl (C=O) groups is 3. The van der Waals surface area contributed by atoms with Gasteiger partial charge in [-0.05, 0) is 32.1 Å². The van der Waals surface area contributed by atoms with Crippen molar-refractivity contribution in [3.8, 4) is 11.5 Å². The van der Waals surface area contributed by atoms with Crippen molar-refractivity contribution in [2.75, 3.05) is 26.9 Å². The van der Waals surface area contributed by atoms with Gasteiger partial charge in [-0.1, -0.05) is 0 Å². The Morgan fingerprint density at radius 2 is 1.92 bits per heavy atom. The summed E-state index contributed by atoms with van der Waals surface area (Å²) in [4.78, 5) is 36.3. The number of urea groups is 1. The zero-order valence-electron chi connectivity index (χ0n) is 14.3. The van der Waals surface area contributed by atoms with Crippen molar-refractivity contribution >= 4 is 24.0 Å². The molecule has 25 heavy (non-hydrogen) atoms. The fraction of sp³-hybridized carbons (Fsp3) is 0.353. The molecule has 1 N–H and O–H groups in total. The van der Waals surface area contributed by atoms with E-state index in [2.05, 4.69) is 10.1 Å². The number of benzene rings is 1. The first kappa shape index (κ1) is 18.3. The molecule has 0 bridgehead atoms. The van der Waals surface area contributed by atoms with Gasteiger partial charge in [-0.25, -0.2) is 9.69 Å². The van der Waals surface area contributed by atoms with E-state index in [1.54, 1.807) is 18.2 Å². The van der Waals surface area contributed by atoms with Gasteiger partial charge in [0.1, 0.15) is 23.7 Å². The van der Waals surface area contributed by atoms with Crippen molar-refractivity contribution in [3.05, 3.63) is 29.5 Å². The van der Waals surface area contributed by atoms with E-state index in [0.717, 1.165) is 4.90 Å². The molecule has 0 spiro atoms. The smallest absolute Gasteiger partial charge is 0.329 e. The molecule has 1 saturated heterocycles. The van der Waals surface area contributed by atoms with E-state index in [9.17, 15) is 14.4 Å². The van der Waals surface area contributed by atoms with E-state index >= 15 is 0 Å². The van der Waals surface area contributed by atoms with Crippen LogP contribution >= 0.6 is 0 Å². The predicted octanol–water partition coefficient (Wildman–Crippen LogP) is 1.55. The lowest BCUT2D eigenvalue weighted by Crippen LogP contribution is -2.36. The van der Waals surface area contributed by atoms with E-state index in [-0.39, 0.29) is 5.70 Å². The van der Waals surface area contributed by atoms with Crippen LogP contribution < -0.4 is 14.8 Å². The van der Waals surface area contributed by atoms with Gasteiger partial charge >= 0.3 is 12.0 Å². The van der Waals surface area contributed by atoms with Crippen LogP contribution in [0.3, 0.4) is 0 Å². The minimum Gasteiger partial charge on any atom is -0.494 e. The van der Waals surface area contributed by atoms with E-state index in [4.69, 9.17) is 9.47 Å². The molecule has 0 unspecified atom stereocenters. The van der Waals surface area contributed by atoms with Crippen molar-refractivity contribution in [3.63, 3.8) is 0 Å². The molecule has 8 nitrogen and oxygen atoms in total. The molecule has 134 valence electrons. The predicted molar refractivity (Wildman–Crippen MR) is 89.0 cm³/mol. The molecule has 1 fully saturated rings. The van der Waals surface area contributed by atoms with Gasteiger partial charge in [-0.2, -0.15) is 0 Å². The van der Waals surface area contributed by atoms with Crippen LogP contribution in [0.1, 0.15) is 19.4 Å². The number of methoxy groups -OCH3 is 1. The molecule has 0 aliphatic carbocycles. The van der Waals surface area contributed by atoms with E-state index < -0.39 is 24.5 Å². The highest BCUT2D eigenvalue weighted by Crippen LogP contribution is 2.28. The second-order valence-electron chi connectivity index (χ2n) is 5.02. The molecule has 1 aliphatic heterocycles. The van der Waals surface area contributed by atoms with Crippen molar-refractivity contribution in [2.45, 2.75) is 13.8 Å². The first-order valence-corrected chi connectivity index (χ1v) is 7.81. The molecule has 1 aromatic carbocycles. The lowest BCUT2D eigenvalue weighted by molar-refractivity contribution is -0.143. The highest BCUT2D eigenvalue weighted by atomic mass is 16.5. The van der Waals surface area contributed by atoms with Gasteiger partial charge in [0, 0.05) is 11.6 Å². The SMILES string of the molecule is CCOc1ccc(/C=C2/NC(=O)N(CC(=O)OC)C2=O)c(OCC)c1. The average molecular weight is 348 g/mol. The van der Waals surface area contributed by atoms with E-state index in [1.807, 2.05) is 13.8 Å². The number of amides is 3. The Morgan fingerprint density at radius 1 is 1.20 bits per heavy atom. The second-order valence-corrected chi connectivity index (χ2v) is 5.02. The normalized spacial score (nSPS) is 15.3. The third-order valence-corrected chi connectivity index (χ3v) is 3.37. The Hall–Kier alpha value is -3.03. The third kappa shape index (κ3) is 4.28. The highest BCUT2D eigenvalue weighted by Gasteiger charge is 2.35. The summed E-state index contributed by atoms with van der Waals surface area (Å²) in [5.41, 5.74) is 0.660. The largest absolute Gasteiger partial charge is 0.494 e. The highest BCUT2D eigenvalue weighted by molar-refractivity contribution is 6.15. The monoisotopic (exact) mass is 348 g/mol. The second kappa shape index (κ2) is 8.18. The van der Waals surface area contributed by atoms with E-state index in [1.165, 1.54) is 13.2 Å². The van der Waals surface area contributed by atoms with Gasteiger partial charge in [0.05, 0.1) is 20.3 Å². The molecular weight excluding hydrogens is 328 g/mol. The van der Waals surface area contributed by atoms with Crippen molar-refractivity contribution in [1.82, 2.24) is 10.2 Å². The van der Waals surface area contributed by atoms with Gasteiger partial charge in [0.15, 0.2) is 0 Å². The molecule has 3 amide bonds. The number of imide groups is 1. The number of esters is 1. The lowest BCUT2D eigenvalue weighted by Gasteiger charge is -2.11. The molecule has 0 aromatic heterocycles. The number of hydrogen-bond donors (Lipinski definition) is 1. The molecule has 1 heterocycles. The first-order valence-electron chi connectivity index (χ1n) is 7.81. The van der Waals surface area contributed by atoms with Crippen LogP contribution in [0.25, 0.3) is 6.08 Å². The number of nitrogens with one attached hydrogen (secondary N) is 1.